The number of para-hydroxylation sites is 1. The highest BCUT2D eigenvalue weighted by Crippen LogP contribution is 2.36. The zero-order valence-electron chi connectivity index (χ0n) is 19.3. The third-order valence-corrected chi connectivity index (χ3v) is 6.14. The first-order valence-corrected chi connectivity index (χ1v) is 11.5. The first-order chi connectivity index (χ1) is 16.0. The lowest BCUT2D eigenvalue weighted by Gasteiger charge is -2.36. The molecule has 2 aliphatic heterocycles. The van der Waals surface area contributed by atoms with Crippen molar-refractivity contribution in [3.8, 4) is 5.75 Å². The number of nitrogens with zero attached hydrogens (tertiary/aromatic N) is 3. The maximum absolute atomic E-state index is 13.7. The van der Waals surface area contributed by atoms with Gasteiger partial charge in [0.1, 0.15) is 11.4 Å². The van der Waals surface area contributed by atoms with Gasteiger partial charge in [0.25, 0.3) is 11.8 Å². The average molecular weight is 450 g/mol. The van der Waals surface area contributed by atoms with Crippen LogP contribution in [0, 0.1) is 6.92 Å². The zero-order valence-corrected chi connectivity index (χ0v) is 19.3. The first kappa shape index (κ1) is 23.0. The van der Waals surface area contributed by atoms with Crippen LogP contribution in [0.15, 0.2) is 54.2 Å². The molecule has 1 N–H and O–H groups in total. The lowest BCUT2D eigenvalue weighted by atomic mass is 10.0. The van der Waals surface area contributed by atoms with Gasteiger partial charge in [0, 0.05) is 32.7 Å². The van der Waals surface area contributed by atoms with E-state index in [9.17, 15) is 14.7 Å². The molecular formula is C26H31N3O4. The zero-order chi connectivity index (χ0) is 23.4. The second-order valence-corrected chi connectivity index (χ2v) is 8.38. The number of piperazine rings is 1. The highest BCUT2D eigenvalue weighted by molar-refractivity contribution is 6.45. The van der Waals surface area contributed by atoms with E-state index in [0.717, 1.165) is 30.8 Å². The molecule has 2 aliphatic rings. The highest BCUT2D eigenvalue weighted by Gasteiger charge is 2.43. The molecular weight excluding hydrogens is 418 g/mol. The Bertz CT molecular complexity index is 1040. The van der Waals surface area contributed by atoms with Crippen molar-refractivity contribution in [2.45, 2.75) is 20.3 Å². The minimum absolute atomic E-state index is 0.110. The Morgan fingerprint density at radius 2 is 1.64 bits per heavy atom. The fraction of sp³-hybridized carbons (Fsp3) is 0.385. The number of benzene rings is 2. The molecule has 7 heteroatoms. The van der Waals surface area contributed by atoms with Crippen molar-refractivity contribution in [3.05, 3.63) is 65.4 Å². The van der Waals surface area contributed by atoms with Gasteiger partial charge in [-0.05, 0) is 42.7 Å². The molecule has 0 aliphatic carbocycles. The highest BCUT2D eigenvalue weighted by atomic mass is 16.5. The first-order valence-electron chi connectivity index (χ1n) is 11.5. The Kier molecular flexibility index (Phi) is 7.11. The number of imide groups is 1. The van der Waals surface area contributed by atoms with Crippen LogP contribution in [0.3, 0.4) is 0 Å². The summed E-state index contributed by atoms with van der Waals surface area (Å²) in [6, 6.07) is 14.9. The molecule has 1 fully saturated rings. The monoisotopic (exact) mass is 449 g/mol. The number of aliphatic hydroxyl groups is 1. The number of amides is 2. The summed E-state index contributed by atoms with van der Waals surface area (Å²) in [4.78, 5) is 32.9. The van der Waals surface area contributed by atoms with E-state index in [4.69, 9.17) is 4.74 Å². The van der Waals surface area contributed by atoms with Gasteiger partial charge in [0.2, 0.25) is 0 Å². The van der Waals surface area contributed by atoms with E-state index in [-0.39, 0.29) is 18.4 Å². The summed E-state index contributed by atoms with van der Waals surface area (Å²) in [5, 5.41) is 9.25. The van der Waals surface area contributed by atoms with Crippen molar-refractivity contribution in [2.75, 3.05) is 50.8 Å². The smallest absolute Gasteiger partial charge is 0.282 e. The van der Waals surface area contributed by atoms with Crippen LogP contribution in [0.5, 0.6) is 5.75 Å². The number of anilines is 1. The number of ether oxygens (including phenoxy) is 1. The lowest BCUT2D eigenvalue weighted by Crippen LogP contribution is -2.48. The molecule has 1 saturated heterocycles. The van der Waals surface area contributed by atoms with Gasteiger partial charge < -0.3 is 14.7 Å². The third kappa shape index (κ3) is 4.65. The number of carbonyl (C=O) groups excluding carboxylic acids is 2. The van der Waals surface area contributed by atoms with E-state index in [2.05, 4.69) is 11.8 Å². The quantitative estimate of drug-likeness (QED) is 0.625. The van der Waals surface area contributed by atoms with Crippen LogP contribution in [-0.4, -0.2) is 72.7 Å². The minimum Gasteiger partial charge on any atom is -0.494 e. The molecule has 2 amide bonds. The van der Waals surface area contributed by atoms with E-state index < -0.39 is 0 Å². The fourth-order valence-corrected chi connectivity index (χ4v) is 4.38. The largest absolute Gasteiger partial charge is 0.494 e. The van der Waals surface area contributed by atoms with E-state index in [1.165, 1.54) is 4.90 Å². The summed E-state index contributed by atoms with van der Waals surface area (Å²) in [6.45, 7) is 8.01. The summed E-state index contributed by atoms with van der Waals surface area (Å²) in [5.74, 6) is 0.156. The number of hydrogen-bond donors (Lipinski definition) is 1. The van der Waals surface area contributed by atoms with Crippen LogP contribution in [0.25, 0.3) is 5.57 Å². The molecule has 7 nitrogen and oxygen atoms in total. The number of aryl methyl sites for hydroxylation is 1. The summed E-state index contributed by atoms with van der Waals surface area (Å²) in [5.41, 5.74) is 3.08. The predicted octanol–water partition coefficient (Wildman–Crippen LogP) is 2.68. The maximum atomic E-state index is 13.7. The van der Waals surface area contributed by atoms with Gasteiger partial charge >= 0.3 is 0 Å². The molecule has 0 spiro atoms. The van der Waals surface area contributed by atoms with E-state index in [1.807, 2.05) is 60.4 Å². The van der Waals surface area contributed by atoms with Gasteiger partial charge in [-0.1, -0.05) is 37.3 Å². The van der Waals surface area contributed by atoms with E-state index >= 15 is 0 Å². The Balaban J connectivity index is 1.71. The number of carbonyl (C=O) groups is 2. The van der Waals surface area contributed by atoms with E-state index in [1.54, 1.807) is 0 Å². The number of β-amino-alcohol motifs (C(OH)–C–C–N with tert-alkyl or cyclic N) is 1. The molecule has 0 radical (unpaired) electrons. The van der Waals surface area contributed by atoms with Gasteiger partial charge in [-0.3, -0.25) is 14.5 Å². The second-order valence-electron chi connectivity index (χ2n) is 8.38. The van der Waals surface area contributed by atoms with Crippen LogP contribution < -0.4 is 9.64 Å². The Morgan fingerprint density at radius 3 is 2.27 bits per heavy atom. The Hall–Kier alpha value is -3.16. The van der Waals surface area contributed by atoms with Crippen molar-refractivity contribution in [1.82, 2.24) is 9.80 Å². The molecule has 0 saturated carbocycles. The molecule has 0 unspecified atom stereocenters. The molecule has 0 aromatic heterocycles. The number of hydrogen-bond acceptors (Lipinski definition) is 6. The molecule has 2 aromatic carbocycles. The van der Waals surface area contributed by atoms with Gasteiger partial charge in [0.15, 0.2) is 0 Å². The topological polar surface area (TPSA) is 73.3 Å². The number of aliphatic hydroxyl groups excluding tert-OH is 1. The Labute approximate surface area is 194 Å². The standard InChI is InChI=1S/C26H31N3O4/c1-3-18-33-21-10-8-20(9-11-21)23-24(28-14-12-27(13-15-28)16-17-30)26(32)29(25(23)31)22-7-5-4-6-19(22)2/h4-11,30H,3,12-18H2,1-2H3. The molecule has 0 bridgehead atoms. The fourth-order valence-electron chi connectivity index (χ4n) is 4.38. The van der Waals surface area contributed by atoms with Crippen molar-refractivity contribution < 1.29 is 19.4 Å². The van der Waals surface area contributed by atoms with Gasteiger partial charge in [-0.15, -0.1) is 0 Å². The number of rotatable bonds is 8. The van der Waals surface area contributed by atoms with Gasteiger partial charge in [0.05, 0.1) is 24.5 Å². The van der Waals surface area contributed by atoms with Crippen molar-refractivity contribution in [2.24, 2.45) is 0 Å². The van der Waals surface area contributed by atoms with Crippen LogP contribution in [0.4, 0.5) is 5.69 Å². The second kappa shape index (κ2) is 10.2. The molecule has 33 heavy (non-hydrogen) atoms. The van der Waals surface area contributed by atoms with Crippen molar-refractivity contribution in [3.63, 3.8) is 0 Å². The van der Waals surface area contributed by atoms with Crippen LogP contribution in [0.2, 0.25) is 0 Å². The van der Waals surface area contributed by atoms with Crippen molar-refractivity contribution in [1.29, 1.82) is 0 Å². The van der Waals surface area contributed by atoms with Gasteiger partial charge in [-0.2, -0.15) is 0 Å². The van der Waals surface area contributed by atoms with Gasteiger partial charge in [-0.25, -0.2) is 4.90 Å². The van der Waals surface area contributed by atoms with Crippen molar-refractivity contribution >= 4 is 23.1 Å². The molecule has 174 valence electrons. The molecule has 0 atom stereocenters. The summed E-state index contributed by atoms with van der Waals surface area (Å²) in [7, 11) is 0. The summed E-state index contributed by atoms with van der Waals surface area (Å²) >= 11 is 0. The minimum atomic E-state index is -0.302. The SMILES string of the molecule is CCCOc1ccc(C2=C(N3CCN(CCO)CC3)C(=O)N(c3ccccc3C)C2=O)cc1. The van der Waals surface area contributed by atoms with Crippen LogP contribution in [-0.2, 0) is 9.59 Å². The van der Waals surface area contributed by atoms with Crippen LogP contribution >= 0.6 is 0 Å². The summed E-state index contributed by atoms with van der Waals surface area (Å²) in [6.07, 6.45) is 0.914. The summed E-state index contributed by atoms with van der Waals surface area (Å²) < 4.78 is 5.69. The van der Waals surface area contributed by atoms with Crippen LogP contribution in [0.1, 0.15) is 24.5 Å². The molecule has 4 rings (SSSR count). The molecule has 2 heterocycles. The third-order valence-electron chi connectivity index (χ3n) is 6.14. The Morgan fingerprint density at radius 1 is 0.939 bits per heavy atom. The van der Waals surface area contributed by atoms with E-state index in [0.29, 0.717) is 48.8 Å². The maximum Gasteiger partial charge on any atom is 0.282 e. The normalized spacial score (nSPS) is 17.3. The predicted molar refractivity (Wildman–Crippen MR) is 128 cm³/mol. The average Bonchev–Trinajstić information content (AvgIpc) is 3.09. The lowest BCUT2D eigenvalue weighted by molar-refractivity contribution is -0.120. The molecule has 2 aromatic rings.